The van der Waals surface area contributed by atoms with Crippen molar-refractivity contribution in [1.29, 1.82) is 0 Å². The maximum Gasteiger partial charge on any atom is 0.258 e. The van der Waals surface area contributed by atoms with Crippen molar-refractivity contribution >= 4 is 33.7 Å². The number of hydrogen-bond donors (Lipinski definition) is 1. The molecule has 1 aliphatic heterocycles. The summed E-state index contributed by atoms with van der Waals surface area (Å²) in [6.45, 7) is 2.63. The zero-order chi connectivity index (χ0) is 27.1. The van der Waals surface area contributed by atoms with E-state index in [1.807, 2.05) is 6.92 Å². The predicted octanol–water partition coefficient (Wildman–Crippen LogP) is 4.76. The van der Waals surface area contributed by atoms with Gasteiger partial charge >= 0.3 is 0 Å². The van der Waals surface area contributed by atoms with Gasteiger partial charge in [-0.1, -0.05) is 23.7 Å². The zero-order valence-corrected chi connectivity index (χ0v) is 22.2. The molecule has 1 atom stereocenters. The van der Waals surface area contributed by atoms with Gasteiger partial charge in [-0.05, 0) is 85.5 Å². The Morgan fingerprint density at radius 1 is 1.13 bits per heavy atom. The maximum absolute atomic E-state index is 13.4. The van der Waals surface area contributed by atoms with Gasteiger partial charge in [0.15, 0.2) is 11.5 Å². The van der Waals surface area contributed by atoms with Crippen LogP contribution in [0.15, 0.2) is 76.7 Å². The highest BCUT2D eigenvalue weighted by Gasteiger charge is 2.39. The lowest BCUT2D eigenvalue weighted by atomic mass is 10.2. The first-order valence-electron chi connectivity index (χ1n) is 12.0. The summed E-state index contributed by atoms with van der Waals surface area (Å²) >= 11 is 5.87. The first kappa shape index (κ1) is 27.6. The summed E-state index contributed by atoms with van der Waals surface area (Å²) in [5.41, 5.74) is 3.76. The third-order valence-corrected chi connectivity index (χ3v) is 8.04. The highest BCUT2D eigenvalue weighted by molar-refractivity contribution is 7.89. The van der Waals surface area contributed by atoms with Crippen LogP contribution in [0, 0.1) is 5.82 Å². The molecule has 0 bridgehead atoms. The number of carbonyl (C=O) groups is 1. The highest BCUT2D eigenvalue weighted by Crippen LogP contribution is 2.29. The van der Waals surface area contributed by atoms with E-state index in [0.717, 1.165) is 0 Å². The second-order valence-corrected chi connectivity index (χ2v) is 10.8. The van der Waals surface area contributed by atoms with E-state index < -0.39 is 22.0 Å². The van der Waals surface area contributed by atoms with E-state index in [0.29, 0.717) is 47.1 Å². The number of amides is 1. The molecule has 1 fully saturated rings. The molecular weight excluding hydrogens is 533 g/mol. The van der Waals surface area contributed by atoms with Crippen LogP contribution in [0.1, 0.15) is 30.9 Å². The third-order valence-electron chi connectivity index (χ3n) is 5.87. The van der Waals surface area contributed by atoms with Gasteiger partial charge in [-0.15, -0.1) is 0 Å². The van der Waals surface area contributed by atoms with Crippen LogP contribution in [0.4, 0.5) is 4.39 Å². The Morgan fingerprint density at radius 2 is 1.92 bits per heavy atom. The monoisotopic (exact) mass is 559 g/mol. The molecule has 200 valence electrons. The number of benzene rings is 3. The number of nitrogens with zero attached hydrogens (tertiary/aromatic N) is 2. The first-order valence-corrected chi connectivity index (χ1v) is 13.8. The fourth-order valence-corrected chi connectivity index (χ4v) is 5.84. The standard InChI is InChI=1S/C27H27ClFN3O5S/c1-2-36-26-16-19(8-13-25(26)37-18-20-5-3-6-22(29)15-20)17-30-31-27(33)24-7-4-14-32(24)38(34,35)23-11-9-21(28)10-12-23/h3,5-6,8-13,15-17,24H,2,4,7,14,18H2,1H3,(H,31,33)/b30-17-/t24-/m1/s1. The van der Waals surface area contributed by atoms with Gasteiger partial charge in [0.05, 0.1) is 17.7 Å². The van der Waals surface area contributed by atoms with Gasteiger partial charge in [-0.2, -0.15) is 9.41 Å². The number of hydrazone groups is 1. The molecule has 4 rings (SSSR count). The van der Waals surface area contributed by atoms with E-state index >= 15 is 0 Å². The molecule has 1 aliphatic rings. The predicted molar refractivity (Wildman–Crippen MR) is 142 cm³/mol. The Hall–Kier alpha value is -3.47. The van der Waals surface area contributed by atoms with Crippen molar-refractivity contribution in [2.24, 2.45) is 5.10 Å². The van der Waals surface area contributed by atoms with Crippen molar-refractivity contribution in [3.63, 3.8) is 0 Å². The quantitative estimate of drug-likeness (QED) is 0.285. The number of ether oxygens (including phenoxy) is 2. The third kappa shape index (κ3) is 6.69. The van der Waals surface area contributed by atoms with Crippen LogP contribution < -0.4 is 14.9 Å². The summed E-state index contributed by atoms with van der Waals surface area (Å²) in [6.07, 6.45) is 2.38. The van der Waals surface area contributed by atoms with E-state index in [9.17, 15) is 17.6 Å². The molecule has 3 aromatic carbocycles. The topological polar surface area (TPSA) is 97.3 Å². The van der Waals surface area contributed by atoms with Crippen LogP contribution >= 0.6 is 11.6 Å². The molecule has 0 spiro atoms. The SMILES string of the molecule is CCOc1cc(/C=N\NC(=O)[C@H]2CCCN2S(=O)(=O)c2ccc(Cl)cc2)ccc1OCc1cccc(F)c1. The molecule has 11 heteroatoms. The molecule has 0 unspecified atom stereocenters. The smallest absolute Gasteiger partial charge is 0.258 e. The average molecular weight is 560 g/mol. The zero-order valence-electron chi connectivity index (χ0n) is 20.6. The summed E-state index contributed by atoms with van der Waals surface area (Å²) in [7, 11) is -3.86. The van der Waals surface area contributed by atoms with Gasteiger partial charge in [0, 0.05) is 11.6 Å². The van der Waals surface area contributed by atoms with Gasteiger partial charge in [0.2, 0.25) is 10.0 Å². The lowest BCUT2D eigenvalue weighted by Gasteiger charge is -2.22. The van der Waals surface area contributed by atoms with Crippen molar-refractivity contribution in [2.75, 3.05) is 13.2 Å². The number of halogens is 2. The molecule has 0 aromatic heterocycles. The maximum atomic E-state index is 13.4. The fraction of sp³-hybridized carbons (Fsp3) is 0.259. The van der Waals surface area contributed by atoms with Crippen molar-refractivity contribution in [2.45, 2.75) is 37.3 Å². The van der Waals surface area contributed by atoms with Gasteiger partial charge in [-0.3, -0.25) is 4.79 Å². The Morgan fingerprint density at radius 3 is 2.66 bits per heavy atom. The van der Waals surface area contributed by atoms with Gasteiger partial charge < -0.3 is 9.47 Å². The minimum atomic E-state index is -3.86. The van der Waals surface area contributed by atoms with Crippen LogP contribution in [0.25, 0.3) is 0 Å². The molecule has 38 heavy (non-hydrogen) atoms. The Kier molecular flexibility index (Phi) is 8.98. The molecule has 3 aromatic rings. The van der Waals surface area contributed by atoms with E-state index in [-0.39, 0.29) is 23.9 Å². The Balaban J connectivity index is 1.41. The van der Waals surface area contributed by atoms with Crippen LogP contribution in [0.5, 0.6) is 11.5 Å². The number of sulfonamides is 1. The Bertz CT molecular complexity index is 1420. The lowest BCUT2D eigenvalue weighted by Crippen LogP contribution is -2.44. The Labute approximate surface area is 226 Å². The molecule has 1 saturated heterocycles. The minimum Gasteiger partial charge on any atom is -0.490 e. The molecule has 1 heterocycles. The van der Waals surface area contributed by atoms with Crippen LogP contribution in [-0.2, 0) is 21.4 Å². The first-order chi connectivity index (χ1) is 18.3. The molecule has 8 nitrogen and oxygen atoms in total. The van der Waals surface area contributed by atoms with Gasteiger partial charge in [-0.25, -0.2) is 18.2 Å². The van der Waals surface area contributed by atoms with Crippen LogP contribution in [0.3, 0.4) is 0 Å². The normalized spacial score (nSPS) is 16.0. The van der Waals surface area contributed by atoms with Gasteiger partial charge in [0.25, 0.3) is 5.91 Å². The van der Waals surface area contributed by atoms with E-state index in [4.69, 9.17) is 21.1 Å². The number of carbonyl (C=O) groups excluding carboxylic acids is 1. The largest absolute Gasteiger partial charge is 0.490 e. The summed E-state index contributed by atoms with van der Waals surface area (Å²) in [4.78, 5) is 12.9. The van der Waals surface area contributed by atoms with E-state index in [1.165, 1.54) is 46.9 Å². The molecule has 1 amide bonds. The second kappa shape index (κ2) is 12.4. The van der Waals surface area contributed by atoms with E-state index in [2.05, 4.69) is 10.5 Å². The fourth-order valence-electron chi connectivity index (χ4n) is 4.06. The van der Waals surface area contributed by atoms with Crippen molar-refractivity contribution < 1.29 is 27.1 Å². The molecule has 0 saturated carbocycles. The van der Waals surface area contributed by atoms with Crippen LogP contribution in [0.2, 0.25) is 5.02 Å². The molecule has 0 aliphatic carbocycles. The van der Waals surface area contributed by atoms with Gasteiger partial charge in [0.1, 0.15) is 18.5 Å². The van der Waals surface area contributed by atoms with E-state index in [1.54, 1.807) is 30.3 Å². The lowest BCUT2D eigenvalue weighted by molar-refractivity contribution is -0.124. The van der Waals surface area contributed by atoms with Crippen molar-refractivity contribution in [3.05, 3.63) is 88.7 Å². The molecule has 1 N–H and O–H groups in total. The summed E-state index contributed by atoms with van der Waals surface area (Å²) in [5.74, 6) is 0.0888. The van der Waals surface area contributed by atoms with Crippen molar-refractivity contribution in [1.82, 2.24) is 9.73 Å². The second-order valence-electron chi connectivity index (χ2n) is 8.52. The number of nitrogens with one attached hydrogen (secondary N) is 1. The number of rotatable bonds is 10. The minimum absolute atomic E-state index is 0.0771. The summed E-state index contributed by atoms with van der Waals surface area (Å²) < 4.78 is 52.2. The summed E-state index contributed by atoms with van der Waals surface area (Å²) in [5, 5.41) is 4.44. The molecular formula is C27H27ClFN3O5S. The highest BCUT2D eigenvalue weighted by atomic mass is 35.5. The van der Waals surface area contributed by atoms with Crippen LogP contribution in [-0.4, -0.2) is 44.0 Å². The van der Waals surface area contributed by atoms with Crippen molar-refractivity contribution in [3.8, 4) is 11.5 Å². The summed E-state index contributed by atoms with van der Waals surface area (Å²) in [6, 6.07) is 16.2. The number of hydrogen-bond acceptors (Lipinski definition) is 6. The average Bonchev–Trinajstić information content (AvgIpc) is 3.40. The molecule has 0 radical (unpaired) electrons.